The highest BCUT2D eigenvalue weighted by molar-refractivity contribution is 7.37. The zero-order valence-electron chi connectivity index (χ0n) is 24.2. The van der Waals surface area contributed by atoms with Crippen LogP contribution in [0.5, 0.6) is 0 Å². The summed E-state index contributed by atoms with van der Waals surface area (Å²) < 4.78 is 20.3. The molecule has 9 heteroatoms. The van der Waals surface area contributed by atoms with Gasteiger partial charge in [-0.3, -0.25) is 9.59 Å². The molecule has 0 aliphatic heterocycles. The normalized spacial score (nSPS) is 12.5. The number of hydrogen-bond donors (Lipinski definition) is 0. The van der Waals surface area contributed by atoms with E-state index in [9.17, 15) is 19.2 Å². The molecule has 2 atom stereocenters. The average Bonchev–Trinajstić information content (AvgIpc) is 2.87. The number of carbonyl (C=O) groups is 4. The first-order valence-electron chi connectivity index (χ1n) is 13.3. The van der Waals surface area contributed by atoms with Crippen molar-refractivity contribution in [2.45, 2.75) is 79.1 Å². The molecule has 0 aromatic carbocycles. The Morgan fingerprint density at radius 3 is 1.32 bits per heavy atom. The standard InChI is InChI=1S/C28H47O8P/c1-7-23(27(31)35-17-15-33-25(29)21(3)4)13-9-11-19-37-20-12-10-14-24(8-2)28(32)36-18-16-34-26(30)22(5)6/h23-24,37H,3,5,7-20H2,1-2,4,6H3/p+1. The Bertz CT molecular complexity index is 680. The molecule has 0 saturated heterocycles. The molecule has 0 aliphatic rings. The summed E-state index contributed by atoms with van der Waals surface area (Å²) in [6.07, 6.45) is 9.48. The van der Waals surface area contributed by atoms with Gasteiger partial charge in [0.05, 0.1) is 11.8 Å². The van der Waals surface area contributed by atoms with Gasteiger partial charge in [0.15, 0.2) is 0 Å². The van der Waals surface area contributed by atoms with E-state index in [4.69, 9.17) is 18.9 Å². The number of ether oxygens (including phenoxy) is 4. The van der Waals surface area contributed by atoms with E-state index in [0.29, 0.717) is 11.1 Å². The molecule has 8 nitrogen and oxygen atoms in total. The van der Waals surface area contributed by atoms with E-state index in [-0.39, 0.29) is 51.6 Å². The maximum Gasteiger partial charge on any atom is 1.00 e. The fraction of sp³-hybridized carbons (Fsp3) is 0.714. The minimum absolute atomic E-state index is 0. The molecule has 212 valence electrons. The van der Waals surface area contributed by atoms with Gasteiger partial charge < -0.3 is 18.9 Å². The van der Waals surface area contributed by atoms with Crippen molar-refractivity contribution in [1.82, 2.24) is 0 Å². The molecule has 0 radical (unpaired) electrons. The van der Waals surface area contributed by atoms with Gasteiger partial charge in [-0.2, -0.15) is 0 Å². The van der Waals surface area contributed by atoms with Gasteiger partial charge in [-0.15, -0.1) is 8.58 Å². The molecule has 0 bridgehead atoms. The smallest absolute Gasteiger partial charge is 0.462 e. The molecule has 0 aliphatic carbocycles. The first-order valence-corrected chi connectivity index (χ1v) is 14.7. The van der Waals surface area contributed by atoms with Crippen LogP contribution in [0.15, 0.2) is 24.3 Å². The van der Waals surface area contributed by atoms with Gasteiger partial charge in [-0.05, 0) is 64.7 Å². The maximum atomic E-state index is 12.2. The van der Waals surface area contributed by atoms with Crippen molar-refractivity contribution >= 4 is 32.5 Å². The lowest BCUT2D eigenvalue weighted by Crippen LogP contribution is -2.20. The van der Waals surface area contributed by atoms with Crippen LogP contribution in [0.3, 0.4) is 0 Å². The van der Waals surface area contributed by atoms with Crippen molar-refractivity contribution in [3.8, 4) is 0 Å². The Kier molecular flexibility index (Phi) is 20.5. The van der Waals surface area contributed by atoms with Crippen molar-refractivity contribution in [1.29, 1.82) is 0 Å². The zero-order chi connectivity index (χ0) is 28.1. The Morgan fingerprint density at radius 1 is 0.649 bits per heavy atom. The minimum Gasteiger partial charge on any atom is -0.462 e. The lowest BCUT2D eigenvalue weighted by molar-refractivity contribution is -0.154. The van der Waals surface area contributed by atoms with Gasteiger partial charge >= 0.3 is 25.3 Å². The van der Waals surface area contributed by atoms with Crippen LogP contribution in [-0.4, -0.2) is 62.6 Å². The third kappa shape index (κ3) is 17.8. The largest absolute Gasteiger partial charge is 1.00 e. The van der Waals surface area contributed by atoms with Crippen LogP contribution in [0.1, 0.15) is 80.5 Å². The van der Waals surface area contributed by atoms with Gasteiger partial charge in [-0.25, -0.2) is 9.59 Å². The van der Waals surface area contributed by atoms with E-state index in [0.717, 1.165) is 72.3 Å². The van der Waals surface area contributed by atoms with Crippen LogP contribution in [0.4, 0.5) is 0 Å². The average molecular weight is 544 g/mol. The maximum absolute atomic E-state index is 12.2. The number of unbranched alkanes of at least 4 members (excludes halogenated alkanes) is 2. The molecule has 2 unspecified atom stereocenters. The molecular formula is C28H48O8P+. The lowest BCUT2D eigenvalue weighted by atomic mass is 10.00. The van der Waals surface area contributed by atoms with Gasteiger partial charge in [0.2, 0.25) is 0 Å². The molecule has 0 amide bonds. The van der Waals surface area contributed by atoms with Crippen LogP contribution in [0.2, 0.25) is 0 Å². The number of rotatable bonds is 22. The molecule has 0 heterocycles. The first-order chi connectivity index (χ1) is 17.6. The van der Waals surface area contributed by atoms with Gasteiger partial charge in [0, 0.05) is 11.1 Å². The molecular weight excluding hydrogens is 495 g/mol. The predicted molar refractivity (Wildman–Crippen MR) is 148 cm³/mol. The molecule has 0 aromatic heterocycles. The fourth-order valence-corrected chi connectivity index (χ4v) is 4.67. The summed E-state index contributed by atoms with van der Waals surface area (Å²) >= 11 is 0. The van der Waals surface area contributed by atoms with E-state index < -0.39 is 11.9 Å². The second-order valence-corrected chi connectivity index (χ2v) is 10.6. The van der Waals surface area contributed by atoms with Crippen LogP contribution in [0, 0.1) is 11.8 Å². The van der Waals surface area contributed by atoms with Crippen LogP contribution >= 0.6 is 8.58 Å². The van der Waals surface area contributed by atoms with E-state index >= 15 is 0 Å². The first kappa shape index (κ1) is 34.8. The predicted octanol–water partition coefficient (Wildman–Crippen LogP) is 5.50. The molecule has 0 spiro atoms. The summed E-state index contributed by atoms with van der Waals surface area (Å²) in [5.74, 6) is -1.66. The Morgan fingerprint density at radius 2 is 1.00 bits per heavy atom. The monoisotopic (exact) mass is 543 g/mol. The molecule has 0 rings (SSSR count). The molecule has 37 heavy (non-hydrogen) atoms. The van der Waals surface area contributed by atoms with Crippen molar-refractivity contribution in [2.75, 3.05) is 38.8 Å². The second kappa shape index (κ2) is 21.8. The molecule has 0 fully saturated rings. The fourth-order valence-electron chi connectivity index (χ4n) is 3.42. The summed E-state index contributed by atoms with van der Waals surface area (Å²) in [6, 6.07) is 0. The van der Waals surface area contributed by atoms with Crippen LogP contribution in [-0.2, 0) is 38.1 Å². The summed E-state index contributed by atoms with van der Waals surface area (Å²) in [5, 5.41) is 0. The lowest BCUT2D eigenvalue weighted by Gasteiger charge is -2.14. The van der Waals surface area contributed by atoms with Crippen LogP contribution in [0.25, 0.3) is 0 Å². The van der Waals surface area contributed by atoms with Crippen molar-refractivity contribution < 1.29 is 39.6 Å². The SMILES string of the molecule is C=C(C)C(=O)OCCOC(=O)C(CC)CCCCPCCCCC(CC)C(=O)OCCOC(=O)C(=C)C.[H+]. The number of carbonyl (C=O) groups excluding carboxylic acids is 4. The number of hydrogen-bond acceptors (Lipinski definition) is 8. The van der Waals surface area contributed by atoms with Gasteiger partial charge in [0.25, 0.3) is 0 Å². The van der Waals surface area contributed by atoms with Gasteiger partial charge in [0.1, 0.15) is 26.4 Å². The Balaban J connectivity index is 0. The molecule has 0 N–H and O–H groups in total. The summed E-state index contributed by atoms with van der Waals surface area (Å²) in [7, 11) is 0.877. The third-order valence-electron chi connectivity index (χ3n) is 5.78. The van der Waals surface area contributed by atoms with E-state index in [1.54, 1.807) is 13.8 Å². The topological polar surface area (TPSA) is 105 Å². The Hall–Kier alpha value is -2.21. The zero-order valence-corrected chi connectivity index (χ0v) is 24.2. The van der Waals surface area contributed by atoms with Gasteiger partial charge in [-0.1, -0.05) is 39.8 Å². The van der Waals surface area contributed by atoms with Crippen molar-refractivity contribution in [2.24, 2.45) is 11.8 Å². The molecule has 0 aromatic rings. The summed E-state index contributed by atoms with van der Waals surface area (Å²) in [6.45, 7) is 14.3. The third-order valence-corrected chi connectivity index (χ3v) is 7.20. The van der Waals surface area contributed by atoms with Crippen molar-refractivity contribution in [3.05, 3.63) is 24.3 Å². The van der Waals surface area contributed by atoms with E-state index in [2.05, 4.69) is 13.2 Å². The van der Waals surface area contributed by atoms with Crippen molar-refractivity contribution in [3.63, 3.8) is 0 Å². The summed E-state index contributed by atoms with van der Waals surface area (Å²) in [5.41, 5.74) is 0.640. The summed E-state index contributed by atoms with van der Waals surface area (Å²) in [4.78, 5) is 47.1. The van der Waals surface area contributed by atoms with E-state index in [1.165, 1.54) is 0 Å². The quantitative estimate of drug-likeness (QED) is 0.0580. The highest BCUT2D eigenvalue weighted by Crippen LogP contribution is 2.21. The minimum atomic E-state index is -0.479. The molecule has 0 saturated carbocycles. The second-order valence-electron chi connectivity index (χ2n) is 9.12. The highest BCUT2D eigenvalue weighted by atomic mass is 31.1. The van der Waals surface area contributed by atoms with Crippen LogP contribution < -0.4 is 0 Å². The Labute approximate surface area is 226 Å². The highest BCUT2D eigenvalue weighted by Gasteiger charge is 2.19. The van der Waals surface area contributed by atoms with E-state index in [1.807, 2.05) is 13.8 Å². The number of esters is 4.